The molecule has 1 aromatic carbocycles. The lowest BCUT2D eigenvalue weighted by Crippen LogP contribution is -2.29. The lowest BCUT2D eigenvalue weighted by molar-refractivity contribution is 0.316. The van der Waals surface area contributed by atoms with Crippen molar-refractivity contribution >= 4 is 15.9 Å². The molecule has 0 amide bonds. The molecule has 0 aliphatic carbocycles. The highest BCUT2D eigenvalue weighted by Gasteiger charge is 2.12. The molecule has 1 atom stereocenters. The summed E-state index contributed by atoms with van der Waals surface area (Å²) in [5.41, 5.74) is 4.94. The van der Waals surface area contributed by atoms with E-state index in [1.807, 2.05) is 36.4 Å². The quantitative estimate of drug-likeness (QED) is 0.594. The Bertz CT molecular complexity index is 560. The average Bonchev–Trinajstić information content (AvgIpc) is 2.52. The molecule has 112 valence electrons. The summed E-state index contributed by atoms with van der Waals surface area (Å²) in [7, 11) is 0. The number of benzene rings is 1. The van der Waals surface area contributed by atoms with Gasteiger partial charge in [0.1, 0.15) is 5.75 Å². The van der Waals surface area contributed by atoms with Crippen LogP contribution in [0.3, 0.4) is 0 Å². The van der Waals surface area contributed by atoms with Gasteiger partial charge in [-0.05, 0) is 52.2 Å². The van der Waals surface area contributed by atoms with Crippen LogP contribution in [-0.4, -0.2) is 11.6 Å². The van der Waals surface area contributed by atoms with E-state index >= 15 is 0 Å². The molecule has 1 unspecified atom stereocenters. The molecule has 1 aromatic heterocycles. The Labute approximate surface area is 133 Å². The Kier molecular flexibility index (Phi) is 6.17. The van der Waals surface area contributed by atoms with Gasteiger partial charge in [-0.3, -0.25) is 16.3 Å². The number of ether oxygens (including phenoxy) is 1. The fourth-order valence-corrected chi connectivity index (χ4v) is 2.28. The minimum atomic E-state index is 0.00357. The van der Waals surface area contributed by atoms with Crippen molar-refractivity contribution in [2.24, 2.45) is 5.84 Å². The van der Waals surface area contributed by atoms with E-state index in [4.69, 9.17) is 10.6 Å². The zero-order valence-corrected chi connectivity index (χ0v) is 13.6. The van der Waals surface area contributed by atoms with Gasteiger partial charge in [-0.1, -0.05) is 19.1 Å². The fourth-order valence-electron chi connectivity index (χ4n) is 2.05. The minimum absolute atomic E-state index is 0.00357. The van der Waals surface area contributed by atoms with Gasteiger partial charge in [-0.2, -0.15) is 0 Å². The molecule has 2 rings (SSSR count). The summed E-state index contributed by atoms with van der Waals surface area (Å²) in [6.45, 7) is 2.81. The molecule has 0 spiro atoms. The fraction of sp³-hybridized carbons (Fsp3) is 0.312. The van der Waals surface area contributed by atoms with Crippen LogP contribution in [0.5, 0.6) is 5.75 Å². The Balaban J connectivity index is 2.11. The van der Waals surface area contributed by atoms with E-state index in [2.05, 4.69) is 33.3 Å². The number of hydrazine groups is 1. The molecule has 2 aromatic rings. The Morgan fingerprint density at radius 3 is 2.86 bits per heavy atom. The molecule has 5 heteroatoms. The van der Waals surface area contributed by atoms with Crippen LogP contribution in [0.4, 0.5) is 0 Å². The van der Waals surface area contributed by atoms with E-state index in [0.29, 0.717) is 0 Å². The van der Waals surface area contributed by atoms with Crippen molar-refractivity contribution < 1.29 is 4.74 Å². The molecule has 1 heterocycles. The molecular formula is C16H20BrN3O. The first-order chi connectivity index (χ1) is 10.2. The third kappa shape index (κ3) is 4.81. The molecule has 0 aliphatic heterocycles. The summed E-state index contributed by atoms with van der Waals surface area (Å²) in [4.78, 5) is 4.39. The number of rotatable bonds is 7. The topological polar surface area (TPSA) is 60.2 Å². The van der Waals surface area contributed by atoms with Crippen LogP contribution in [0, 0.1) is 0 Å². The van der Waals surface area contributed by atoms with Crippen LogP contribution in [-0.2, 0) is 6.42 Å². The predicted octanol–water partition coefficient (Wildman–Crippen LogP) is 3.38. The van der Waals surface area contributed by atoms with Gasteiger partial charge in [0.2, 0.25) is 0 Å². The smallest absolute Gasteiger partial charge is 0.119 e. The van der Waals surface area contributed by atoms with Crippen molar-refractivity contribution in [3.63, 3.8) is 0 Å². The summed E-state index contributed by atoms with van der Waals surface area (Å²) in [5.74, 6) is 6.58. The van der Waals surface area contributed by atoms with Crippen molar-refractivity contribution in [1.29, 1.82) is 0 Å². The first-order valence-corrected chi connectivity index (χ1v) is 7.81. The number of pyridine rings is 1. The highest BCUT2D eigenvalue weighted by atomic mass is 79.9. The Morgan fingerprint density at radius 1 is 1.33 bits per heavy atom. The van der Waals surface area contributed by atoms with Crippen molar-refractivity contribution in [2.75, 3.05) is 6.61 Å². The third-order valence-corrected chi connectivity index (χ3v) is 3.61. The summed E-state index contributed by atoms with van der Waals surface area (Å²) in [5, 5.41) is 0. The molecule has 4 nitrogen and oxygen atoms in total. The Morgan fingerprint density at radius 2 is 2.19 bits per heavy atom. The lowest BCUT2D eigenvalue weighted by atomic mass is 10.0. The van der Waals surface area contributed by atoms with E-state index in [-0.39, 0.29) is 6.04 Å². The highest BCUT2D eigenvalue weighted by Crippen LogP contribution is 2.22. The van der Waals surface area contributed by atoms with Crippen LogP contribution >= 0.6 is 15.9 Å². The van der Waals surface area contributed by atoms with E-state index in [1.165, 1.54) is 0 Å². The number of hydrogen-bond acceptors (Lipinski definition) is 4. The van der Waals surface area contributed by atoms with Gasteiger partial charge in [0.25, 0.3) is 0 Å². The second-order valence-corrected chi connectivity index (χ2v) is 5.73. The minimum Gasteiger partial charge on any atom is -0.494 e. The summed E-state index contributed by atoms with van der Waals surface area (Å²) < 4.78 is 6.64. The maximum Gasteiger partial charge on any atom is 0.119 e. The first-order valence-electron chi connectivity index (χ1n) is 7.02. The third-order valence-electron chi connectivity index (χ3n) is 3.14. The molecule has 0 saturated carbocycles. The van der Waals surface area contributed by atoms with Crippen molar-refractivity contribution in [3.05, 3.63) is 58.3 Å². The van der Waals surface area contributed by atoms with Crippen LogP contribution in [0.2, 0.25) is 0 Å². The van der Waals surface area contributed by atoms with Gasteiger partial charge in [0.05, 0.1) is 12.6 Å². The number of nitrogens with zero attached hydrogens (tertiary/aromatic N) is 1. The van der Waals surface area contributed by atoms with Crippen LogP contribution < -0.4 is 16.0 Å². The first kappa shape index (κ1) is 15.9. The summed E-state index contributed by atoms with van der Waals surface area (Å²) in [6, 6.07) is 12.0. The normalized spacial score (nSPS) is 12.1. The zero-order valence-electron chi connectivity index (χ0n) is 12.1. The second-order valence-electron chi connectivity index (χ2n) is 4.81. The molecule has 0 bridgehead atoms. The van der Waals surface area contributed by atoms with Gasteiger partial charge in [0, 0.05) is 22.8 Å². The Hall–Kier alpha value is -1.43. The zero-order chi connectivity index (χ0) is 15.1. The van der Waals surface area contributed by atoms with Gasteiger partial charge in [0.15, 0.2) is 0 Å². The summed E-state index contributed by atoms with van der Waals surface area (Å²) >= 11 is 3.39. The van der Waals surface area contributed by atoms with Crippen LogP contribution in [0.25, 0.3) is 0 Å². The van der Waals surface area contributed by atoms with E-state index in [9.17, 15) is 0 Å². The SMILES string of the molecule is CCCOc1cccc(C(Cc2ccc(Br)cn2)NN)c1. The number of aromatic nitrogens is 1. The maximum atomic E-state index is 5.70. The van der Waals surface area contributed by atoms with Crippen molar-refractivity contribution in [1.82, 2.24) is 10.4 Å². The molecule has 21 heavy (non-hydrogen) atoms. The van der Waals surface area contributed by atoms with Gasteiger partial charge in [-0.25, -0.2) is 0 Å². The van der Waals surface area contributed by atoms with Crippen LogP contribution in [0.15, 0.2) is 47.1 Å². The standard InChI is InChI=1S/C16H20BrN3O/c1-2-8-21-15-5-3-4-12(9-15)16(20-18)10-14-7-6-13(17)11-19-14/h3-7,9,11,16,20H,2,8,10,18H2,1H3. The number of hydrogen-bond donors (Lipinski definition) is 2. The second kappa shape index (κ2) is 8.12. The largest absolute Gasteiger partial charge is 0.494 e. The maximum absolute atomic E-state index is 5.70. The lowest BCUT2D eigenvalue weighted by Gasteiger charge is -2.17. The van der Waals surface area contributed by atoms with E-state index in [1.54, 1.807) is 6.20 Å². The summed E-state index contributed by atoms with van der Waals surface area (Å²) in [6.07, 6.45) is 3.51. The van der Waals surface area contributed by atoms with Gasteiger partial charge in [-0.15, -0.1) is 0 Å². The molecule has 0 radical (unpaired) electrons. The highest BCUT2D eigenvalue weighted by molar-refractivity contribution is 9.10. The van der Waals surface area contributed by atoms with Crippen molar-refractivity contribution in [3.8, 4) is 5.75 Å². The number of nitrogens with one attached hydrogen (secondary N) is 1. The molecular weight excluding hydrogens is 330 g/mol. The van der Waals surface area contributed by atoms with Gasteiger partial charge < -0.3 is 4.74 Å². The predicted molar refractivity (Wildman–Crippen MR) is 87.9 cm³/mol. The number of halogens is 1. The average molecular weight is 350 g/mol. The van der Waals surface area contributed by atoms with E-state index in [0.717, 1.165) is 40.9 Å². The molecule has 3 N–H and O–H groups in total. The molecule has 0 aliphatic rings. The van der Waals surface area contributed by atoms with Crippen molar-refractivity contribution in [2.45, 2.75) is 25.8 Å². The number of nitrogens with two attached hydrogens (primary N) is 1. The monoisotopic (exact) mass is 349 g/mol. The van der Waals surface area contributed by atoms with Gasteiger partial charge >= 0.3 is 0 Å². The van der Waals surface area contributed by atoms with E-state index < -0.39 is 0 Å². The molecule has 0 fully saturated rings. The van der Waals surface area contributed by atoms with Crippen LogP contribution in [0.1, 0.15) is 30.6 Å². The molecule has 0 saturated heterocycles.